The van der Waals surface area contributed by atoms with Gasteiger partial charge < -0.3 is 4.74 Å². The fraction of sp³-hybridized carbons (Fsp3) is 0.500. The smallest absolute Gasteiger partial charge is 0.187 e. The fourth-order valence-corrected chi connectivity index (χ4v) is 1.62. The second-order valence-corrected chi connectivity index (χ2v) is 3.36. The van der Waals surface area contributed by atoms with Crippen LogP contribution in [0.15, 0.2) is 5.38 Å². The molecule has 66 valence electrons. The Labute approximate surface area is 75.9 Å². The predicted octanol–water partition coefficient (Wildman–Crippen LogP) is 2.01. The minimum absolute atomic E-state index is 0.298. The molecule has 4 heteroatoms. The summed E-state index contributed by atoms with van der Waals surface area (Å²) in [7, 11) is 0. The Morgan fingerprint density at radius 3 is 3.00 bits per heavy atom. The molecule has 1 N–H and O–H groups in total. The molecule has 1 rings (SSSR count). The van der Waals surface area contributed by atoms with Gasteiger partial charge >= 0.3 is 0 Å². The Hall–Kier alpha value is -0.900. The van der Waals surface area contributed by atoms with E-state index in [1.807, 2.05) is 19.2 Å². The minimum atomic E-state index is 0.298. The van der Waals surface area contributed by atoms with E-state index in [4.69, 9.17) is 10.1 Å². The molecule has 0 aliphatic heterocycles. The lowest BCUT2D eigenvalue weighted by atomic mass is 10.4. The van der Waals surface area contributed by atoms with Crippen molar-refractivity contribution in [2.75, 3.05) is 6.61 Å². The molecule has 12 heavy (non-hydrogen) atoms. The largest absolute Gasteiger partial charge is 0.481 e. The standard InChI is InChI=1S/C8H12N2OS/c1-3-11-7(9)4-8-10-6(2)5-12-8/h5,9H,3-4H2,1-2H3. The molecule has 0 saturated carbocycles. The van der Waals surface area contributed by atoms with Gasteiger partial charge in [0.2, 0.25) is 0 Å². The van der Waals surface area contributed by atoms with E-state index in [1.54, 1.807) is 11.3 Å². The number of hydrogen-bond acceptors (Lipinski definition) is 4. The molecule has 0 aliphatic rings. The van der Waals surface area contributed by atoms with E-state index in [-0.39, 0.29) is 0 Å². The highest BCUT2D eigenvalue weighted by Gasteiger charge is 2.02. The molecule has 0 aromatic carbocycles. The molecule has 1 aromatic heterocycles. The van der Waals surface area contributed by atoms with Gasteiger partial charge in [-0.15, -0.1) is 11.3 Å². The molecule has 3 nitrogen and oxygen atoms in total. The lowest BCUT2D eigenvalue weighted by Gasteiger charge is -2.00. The monoisotopic (exact) mass is 184 g/mol. The molecule has 0 radical (unpaired) electrons. The van der Waals surface area contributed by atoms with E-state index >= 15 is 0 Å². The van der Waals surface area contributed by atoms with Gasteiger partial charge in [-0.05, 0) is 13.8 Å². The van der Waals surface area contributed by atoms with Crippen LogP contribution in [0.3, 0.4) is 0 Å². The third-order valence-corrected chi connectivity index (χ3v) is 2.26. The molecule has 0 unspecified atom stereocenters. The van der Waals surface area contributed by atoms with Crippen molar-refractivity contribution in [1.82, 2.24) is 4.98 Å². The van der Waals surface area contributed by atoms with Crippen LogP contribution < -0.4 is 0 Å². The predicted molar refractivity (Wildman–Crippen MR) is 49.9 cm³/mol. The van der Waals surface area contributed by atoms with Crippen LogP contribution in [0.2, 0.25) is 0 Å². The van der Waals surface area contributed by atoms with Crippen molar-refractivity contribution in [3.05, 3.63) is 16.1 Å². The van der Waals surface area contributed by atoms with E-state index in [0.29, 0.717) is 18.9 Å². The first-order chi connectivity index (χ1) is 5.72. The molecular formula is C8H12N2OS. The summed E-state index contributed by atoms with van der Waals surface area (Å²) in [6.45, 7) is 4.38. The van der Waals surface area contributed by atoms with Crippen molar-refractivity contribution in [2.45, 2.75) is 20.3 Å². The summed E-state index contributed by atoms with van der Waals surface area (Å²) in [6.07, 6.45) is 0.520. The Morgan fingerprint density at radius 2 is 2.50 bits per heavy atom. The van der Waals surface area contributed by atoms with Crippen molar-refractivity contribution >= 4 is 17.2 Å². The molecule has 0 bridgehead atoms. The van der Waals surface area contributed by atoms with E-state index in [1.165, 1.54) is 0 Å². The van der Waals surface area contributed by atoms with E-state index in [0.717, 1.165) is 10.7 Å². The average molecular weight is 184 g/mol. The van der Waals surface area contributed by atoms with E-state index in [2.05, 4.69) is 4.98 Å². The summed E-state index contributed by atoms with van der Waals surface area (Å²) in [4.78, 5) is 4.23. The van der Waals surface area contributed by atoms with Crippen LogP contribution in [0.5, 0.6) is 0 Å². The average Bonchev–Trinajstić information content (AvgIpc) is 2.36. The second-order valence-electron chi connectivity index (χ2n) is 2.42. The SMILES string of the molecule is CCOC(=N)Cc1nc(C)cs1. The first-order valence-electron chi connectivity index (χ1n) is 3.83. The zero-order valence-corrected chi connectivity index (χ0v) is 8.07. The maximum absolute atomic E-state index is 7.38. The van der Waals surface area contributed by atoms with Gasteiger partial charge in [0.25, 0.3) is 0 Å². The zero-order valence-electron chi connectivity index (χ0n) is 7.26. The van der Waals surface area contributed by atoms with E-state index < -0.39 is 0 Å². The van der Waals surface area contributed by atoms with Gasteiger partial charge in [0.1, 0.15) is 5.01 Å². The minimum Gasteiger partial charge on any atom is -0.481 e. The molecule has 1 aromatic rings. The Balaban J connectivity index is 2.46. The first-order valence-corrected chi connectivity index (χ1v) is 4.71. The molecule has 0 fully saturated rings. The molecule has 0 amide bonds. The topological polar surface area (TPSA) is 46.0 Å². The van der Waals surface area contributed by atoms with Gasteiger partial charge in [-0.3, -0.25) is 5.41 Å². The van der Waals surface area contributed by atoms with Crippen LogP contribution >= 0.6 is 11.3 Å². The summed E-state index contributed by atoms with van der Waals surface area (Å²) >= 11 is 1.57. The molecule has 0 saturated heterocycles. The van der Waals surface area contributed by atoms with Crippen molar-refractivity contribution < 1.29 is 4.74 Å². The van der Waals surface area contributed by atoms with Crippen LogP contribution in [-0.2, 0) is 11.2 Å². The third-order valence-electron chi connectivity index (χ3n) is 1.30. The number of aryl methyl sites for hydroxylation is 1. The van der Waals surface area contributed by atoms with Gasteiger partial charge in [0, 0.05) is 11.1 Å². The highest BCUT2D eigenvalue weighted by Crippen LogP contribution is 2.09. The zero-order chi connectivity index (χ0) is 8.97. The van der Waals surface area contributed by atoms with Gasteiger partial charge in [0.15, 0.2) is 5.90 Å². The molecular weight excluding hydrogens is 172 g/mol. The molecule has 0 spiro atoms. The lowest BCUT2D eigenvalue weighted by Crippen LogP contribution is -2.06. The number of rotatable bonds is 3. The summed E-state index contributed by atoms with van der Waals surface area (Å²) in [5, 5.41) is 10.3. The summed E-state index contributed by atoms with van der Waals surface area (Å²) in [5.41, 5.74) is 1.01. The Bertz CT molecular complexity index is 270. The number of hydrogen-bond donors (Lipinski definition) is 1. The third kappa shape index (κ3) is 2.62. The van der Waals surface area contributed by atoms with Crippen molar-refractivity contribution in [2.24, 2.45) is 0 Å². The highest BCUT2D eigenvalue weighted by atomic mass is 32.1. The summed E-state index contributed by atoms with van der Waals surface area (Å²) < 4.78 is 5.01. The van der Waals surface area contributed by atoms with Crippen molar-refractivity contribution in [3.63, 3.8) is 0 Å². The quantitative estimate of drug-likeness (QED) is 0.577. The van der Waals surface area contributed by atoms with Crippen LogP contribution in [0.1, 0.15) is 17.6 Å². The summed E-state index contributed by atoms with van der Waals surface area (Å²) in [5.74, 6) is 0.298. The van der Waals surface area contributed by atoms with Gasteiger partial charge in [-0.25, -0.2) is 4.98 Å². The number of ether oxygens (including phenoxy) is 1. The van der Waals surface area contributed by atoms with Gasteiger partial charge in [-0.1, -0.05) is 0 Å². The first kappa shape index (κ1) is 9.19. The number of nitrogens with zero attached hydrogens (tertiary/aromatic N) is 1. The Morgan fingerprint density at radius 1 is 1.75 bits per heavy atom. The maximum atomic E-state index is 7.38. The molecule has 1 heterocycles. The molecule has 0 aliphatic carbocycles. The van der Waals surface area contributed by atoms with Crippen molar-refractivity contribution in [3.8, 4) is 0 Å². The highest BCUT2D eigenvalue weighted by molar-refractivity contribution is 7.09. The van der Waals surface area contributed by atoms with Crippen LogP contribution in [0.25, 0.3) is 0 Å². The van der Waals surface area contributed by atoms with Crippen LogP contribution in [0, 0.1) is 12.3 Å². The van der Waals surface area contributed by atoms with Crippen molar-refractivity contribution in [1.29, 1.82) is 5.41 Å². The van der Waals surface area contributed by atoms with Gasteiger partial charge in [-0.2, -0.15) is 0 Å². The number of aromatic nitrogens is 1. The fourth-order valence-electron chi connectivity index (χ4n) is 0.847. The second kappa shape index (κ2) is 4.21. The number of thiazole rings is 1. The lowest BCUT2D eigenvalue weighted by molar-refractivity contribution is 0.317. The van der Waals surface area contributed by atoms with Crippen LogP contribution in [0.4, 0.5) is 0 Å². The molecule has 0 atom stereocenters. The van der Waals surface area contributed by atoms with Gasteiger partial charge in [0.05, 0.1) is 13.0 Å². The number of nitrogens with one attached hydrogen (secondary N) is 1. The maximum Gasteiger partial charge on any atom is 0.187 e. The summed E-state index contributed by atoms with van der Waals surface area (Å²) in [6, 6.07) is 0. The van der Waals surface area contributed by atoms with E-state index in [9.17, 15) is 0 Å². The van der Waals surface area contributed by atoms with Crippen LogP contribution in [-0.4, -0.2) is 17.5 Å². The normalized spacial score (nSPS) is 9.83. The Kier molecular flexibility index (Phi) is 3.22.